The van der Waals surface area contributed by atoms with E-state index in [2.05, 4.69) is 65.7 Å². The molecule has 2 aromatic rings. The van der Waals surface area contributed by atoms with E-state index in [4.69, 9.17) is 4.74 Å². The Morgan fingerprint density at radius 1 is 1.05 bits per heavy atom. The zero-order valence-electron chi connectivity index (χ0n) is 13.1. The Morgan fingerprint density at radius 2 is 1.64 bits per heavy atom. The van der Waals surface area contributed by atoms with Crippen LogP contribution in [0.3, 0.4) is 0 Å². The molecular weight excluding hydrogens is 272 g/mol. The van der Waals surface area contributed by atoms with Crippen LogP contribution in [0.25, 0.3) is 0 Å². The minimum Gasteiger partial charge on any atom is -0.349 e. The summed E-state index contributed by atoms with van der Waals surface area (Å²) in [6.45, 7) is 6.17. The zero-order valence-corrected chi connectivity index (χ0v) is 13.1. The largest absolute Gasteiger partial charge is 0.349 e. The van der Waals surface area contributed by atoms with Gasteiger partial charge in [-0.15, -0.1) is 0 Å². The first kappa shape index (κ1) is 15.2. The molecular formula is C19H24N2O. The molecule has 1 heterocycles. The summed E-state index contributed by atoms with van der Waals surface area (Å²) in [5, 5.41) is 3.44. The van der Waals surface area contributed by atoms with Crippen LogP contribution in [-0.4, -0.2) is 37.3 Å². The Kier molecular flexibility index (Phi) is 5.22. The van der Waals surface area contributed by atoms with Crippen molar-refractivity contribution < 1.29 is 4.74 Å². The third-order valence-electron chi connectivity index (χ3n) is 4.21. The normalized spacial score (nSPS) is 19.5. The second-order valence-corrected chi connectivity index (χ2v) is 5.62. The van der Waals surface area contributed by atoms with Crippen LogP contribution < -0.4 is 5.32 Å². The first-order valence-electron chi connectivity index (χ1n) is 8.08. The van der Waals surface area contributed by atoms with Gasteiger partial charge in [0, 0.05) is 19.6 Å². The van der Waals surface area contributed by atoms with E-state index in [1.54, 1.807) is 0 Å². The molecule has 0 aliphatic carbocycles. The molecule has 3 nitrogen and oxygen atoms in total. The number of ether oxygens (including phenoxy) is 1. The maximum atomic E-state index is 6.53. The van der Waals surface area contributed by atoms with Crippen LogP contribution in [0.4, 0.5) is 0 Å². The molecule has 1 fully saturated rings. The van der Waals surface area contributed by atoms with Crippen molar-refractivity contribution in [2.45, 2.75) is 19.3 Å². The van der Waals surface area contributed by atoms with Gasteiger partial charge in [-0.1, -0.05) is 67.6 Å². The van der Waals surface area contributed by atoms with E-state index in [1.807, 2.05) is 12.1 Å². The van der Waals surface area contributed by atoms with E-state index in [9.17, 15) is 0 Å². The summed E-state index contributed by atoms with van der Waals surface area (Å²) in [4.78, 5) is 2.40. The van der Waals surface area contributed by atoms with Gasteiger partial charge in [-0.25, -0.2) is 0 Å². The highest BCUT2D eigenvalue weighted by atomic mass is 16.5. The first-order valence-corrected chi connectivity index (χ1v) is 8.08. The fraction of sp³-hybridized carbons (Fsp3) is 0.368. The Morgan fingerprint density at radius 3 is 2.18 bits per heavy atom. The van der Waals surface area contributed by atoms with Crippen LogP contribution in [-0.2, 0) is 4.74 Å². The van der Waals surface area contributed by atoms with E-state index < -0.39 is 0 Å². The van der Waals surface area contributed by atoms with Gasteiger partial charge in [0.15, 0.2) is 0 Å². The van der Waals surface area contributed by atoms with E-state index in [0.29, 0.717) is 0 Å². The Hall–Kier alpha value is -1.68. The van der Waals surface area contributed by atoms with Crippen LogP contribution in [0.1, 0.15) is 24.2 Å². The van der Waals surface area contributed by atoms with Gasteiger partial charge < -0.3 is 10.1 Å². The van der Waals surface area contributed by atoms with E-state index in [0.717, 1.165) is 26.2 Å². The van der Waals surface area contributed by atoms with E-state index in [-0.39, 0.29) is 12.3 Å². The number of nitrogens with zero attached hydrogens (tertiary/aromatic N) is 1. The van der Waals surface area contributed by atoms with Crippen LogP contribution in [0.5, 0.6) is 0 Å². The zero-order chi connectivity index (χ0) is 15.2. The van der Waals surface area contributed by atoms with Crippen LogP contribution in [0.2, 0.25) is 0 Å². The molecule has 0 saturated carbocycles. The second kappa shape index (κ2) is 7.54. The van der Waals surface area contributed by atoms with Crippen molar-refractivity contribution in [3.05, 3.63) is 71.8 Å². The molecule has 1 saturated heterocycles. The summed E-state index contributed by atoms with van der Waals surface area (Å²) < 4.78 is 6.53. The van der Waals surface area contributed by atoms with Crippen molar-refractivity contribution >= 4 is 0 Å². The minimum absolute atomic E-state index is 0.0265. The summed E-state index contributed by atoms with van der Waals surface area (Å²) in [5.74, 6) is 0. The monoisotopic (exact) mass is 296 g/mol. The summed E-state index contributed by atoms with van der Waals surface area (Å²) in [6.07, 6.45) is 0.0884. The van der Waals surface area contributed by atoms with Gasteiger partial charge in [-0.2, -0.15) is 0 Å². The topological polar surface area (TPSA) is 24.5 Å². The summed E-state index contributed by atoms with van der Waals surface area (Å²) in [5.41, 5.74) is 2.41. The Labute approximate surface area is 132 Å². The average Bonchev–Trinajstić information content (AvgIpc) is 2.61. The molecule has 2 aromatic carbocycles. The smallest absolute Gasteiger partial charge is 0.124 e. The molecule has 0 radical (unpaired) electrons. The average molecular weight is 296 g/mol. The molecule has 1 N–H and O–H groups in total. The molecule has 0 aromatic heterocycles. The van der Waals surface area contributed by atoms with Crippen LogP contribution >= 0.6 is 0 Å². The fourth-order valence-electron chi connectivity index (χ4n) is 2.98. The molecule has 0 amide bonds. The molecule has 0 spiro atoms. The third kappa shape index (κ3) is 3.55. The molecule has 1 aliphatic heterocycles. The molecule has 1 unspecified atom stereocenters. The Balaban J connectivity index is 1.86. The quantitative estimate of drug-likeness (QED) is 0.918. The number of piperazine rings is 1. The molecule has 3 rings (SSSR count). The molecule has 1 aliphatic rings. The molecule has 0 bridgehead atoms. The van der Waals surface area contributed by atoms with Crippen molar-refractivity contribution in [2.75, 3.05) is 26.2 Å². The Bertz CT molecular complexity index is 519. The lowest BCUT2D eigenvalue weighted by Crippen LogP contribution is -2.52. The van der Waals surface area contributed by atoms with Crippen molar-refractivity contribution in [2.24, 2.45) is 0 Å². The molecule has 22 heavy (non-hydrogen) atoms. The number of hydrogen-bond acceptors (Lipinski definition) is 3. The lowest BCUT2D eigenvalue weighted by atomic mass is 10.0. The van der Waals surface area contributed by atoms with Crippen molar-refractivity contribution in [1.82, 2.24) is 10.2 Å². The fourth-order valence-corrected chi connectivity index (χ4v) is 2.98. The van der Waals surface area contributed by atoms with E-state index in [1.165, 1.54) is 11.1 Å². The van der Waals surface area contributed by atoms with Gasteiger partial charge in [-0.3, -0.25) is 4.90 Å². The summed E-state index contributed by atoms with van der Waals surface area (Å²) >= 11 is 0. The SMILES string of the molecule is CCN1CCNCC1OC(c1ccccc1)c1ccccc1. The van der Waals surface area contributed by atoms with Gasteiger partial charge in [0.25, 0.3) is 0 Å². The third-order valence-corrected chi connectivity index (χ3v) is 4.21. The lowest BCUT2D eigenvalue weighted by Gasteiger charge is -2.37. The number of likely N-dealkylation sites (N-methyl/N-ethyl adjacent to an activating group) is 1. The highest BCUT2D eigenvalue weighted by molar-refractivity contribution is 5.30. The predicted octanol–water partition coefficient (Wildman–Crippen LogP) is 3.04. The van der Waals surface area contributed by atoms with Crippen LogP contribution in [0, 0.1) is 0 Å². The lowest BCUT2D eigenvalue weighted by molar-refractivity contribution is -0.0953. The predicted molar refractivity (Wildman–Crippen MR) is 89.7 cm³/mol. The van der Waals surface area contributed by atoms with E-state index >= 15 is 0 Å². The minimum atomic E-state index is -0.0265. The first-order chi connectivity index (χ1) is 10.9. The number of nitrogens with one attached hydrogen (secondary N) is 1. The molecule has 116 valence electrons. The standard InChI is InChI=1S/C19H24N2O/c1-2-21-14-13-20-15-18(21)22-19(16-9-5-3-6-10-16)17-11-7-4-8-12-17/h3-12,18-20H,2,13-15H2,1H3. The van der Waals surface area contributed by atoms with Gasteiger partial charge >= 0.3 is 0 Å². The maximum absolute atomic E-state index is 6.53. The van der Waals surface area contributed by atoms with Crippen molar-refractivity contribution in [3.8, 4) is 0 Å². The van der Waals surface area contributed by atoms with Gasteiger partial charge in [0.1, 0.15) is 12.3 Å². The summed E-state index contributed by atoms with van der Waals surface area (Å²) in [7, 11) is 0. The van der Waals surface area contributed by atoms with Gasteiger partial charge in [0.2, 0.25) is 0 Å². The number of hydrogen-bond donors (Lipinski definition) is 1. The highest BCUT2D eigenvalue weighted by Crippen LogP contribution is 2.28. The van der Waals surface area contributed by atoms with Crippen molar-refractivity contribution in [3.63, 3.8) is 0 Å². The molecule has 1 atom stereocenters. The maximum Gasteiger partial charge on any atom is 0.124 e. The van der Waals surface area contributed by atoms with Crippen LogP contribution in [0.15, 0.2) is 60.7 Å². The number of benzene rings is 2. The van der Waals surface area contributed by atoms with Gasteiger partial charge in [0.05, 0.1) is 0 Å². The van der Waals surface area contributed by atoms with Gasteiger partial charge in [-0.05, 0) is 17.7 Å². The molecule has 3 heteroatoms. The van der Waals surface area contributed by atoms with Crippen molar-refractivity contribution in [1.29, 1.82) is 0 Å². The summed E-state index contributed by atoms with van der Waals surface area (Å²) in [6, 6.07) is 21.0. The highest BCUT2D eigenvalue weighted by Gasteiger charge is 2.26. The number of rotatable bonds is 5. The second-order valence-electron chi connectivity index (χ2n) is 5.62.